The van der Waals surface area contributed by atoms with E-state index in [0.29, 0.717) is 22.9 Å². The highest BCUT2D eigenvalue weighted by atomic mass is 35.5. The van der Waals surface area contributed by atoms with Crippen LogP contribution < -0.4 is 18.5 Å². The van der Waals surface area contributed by atoms with Crippen molar-refractivity contribution in [1.82, 2.24) is 14.7 Å². The number of likely N-dealkylation sites (N-methyl/N-ethyl adjacent to an activating group) is 1. The highest BCUT2D eigenvalue weighted by Crippen LogP contribution is 2.59. The molecule has 2 saturated heterocycles. The number of hydrogen-bond acceptors (Lipinski definition) is 10. The first-order chi connectivity index (χ1) is 27.3. The van der Waals surface area contributed by atoms with Gasteiger partial charge in [0.15, 0.2) is 5.75 Å². The maximum atomic E-state index is 16.1. The first-order valence-corrected chi connectivity index (χ1v) is 20.7. The summed E-state index contributed by atoms with van der Waals surface area (Å²) in [7, 11) is 2.50. The summed E-state index contributed by atoms with van der Waals surface area (Å²) in [5.41, 5.74) is -1.58. The summed E-state index contributed by atoms with van der Waals surface area (Å²) in [4.78, 5) is 36.4. The second-order valence-corrected chi connectivity index (χ2v) is 17.5. The average Bonchev–Trinajstić information content (AvgIpc) is 3.63. The number of anilines is 1. The van der Waals surface area contributed by atoms with E-state index in [4.69, 9.17) is 25.8 Å². The molecule has 3 aliphatic rings. The van der Waals surface area contributed by atoms with Crippen LogP contribution in [0, 0.1) is 6.92 Å². The van der Waals surface area contributed by atoms with Crippen LogP contribution in [0.1, 0.15) is 36.5 Å². The number of ether oxygens (including phenoxy) is 4. The lowest BCUT2D eigenvalue weighted by atomic mass is 9.78. The van der Waals surface area contributed by atoms with E-state index in [-0.39, 0.29) is 39.9 Å². The molecule has 18 heteroatoms. The maximum absolute atomic E-state index is 16.1. The van der Waals surface area contributed by atoms with E-state index in [9.17, 15) is 13.2 Å². The van der Waals surface area contributed by atoms with E-state index in [1.807, 2.05) is 6.92 Å². The number of sulfonamides is 1. The molecule has 316 valence electrons. The fourth-order valence-corrected chi connectivity index (χ4v) is 10.5. The minimum atomic E-state index is -5.31. The number of hydrogen-bond donors (Lipinski definition) is 0. The van der Waals surface area contributed by atoms with Crippen LogP contribution in [0.15, 0.2) is 59.5 Å². The first-order valence-electron chi connectivity index (χ1n) is 18.9. The smallest absolute Gasteiger partial charge is 0.497 e. The number of nitrogens with zero attached hydrogens (tertiary/aromatic N) is 5. The Morgan fingerprint density at radius 3 is 2.33 bits per heavy atom. The van der Waals surface area contributed by atoms with Gasteiger partial charge in [-0.25, -0.2) is 17.7 Å². The van der Waals surface area contributed by atoms with Gasteiger partial charge in [-0.15, -0.1) is 13.2 Å². The van der Waals surface area contributed by atoms with Crippen molar-refractivity contribution in [1.29, 1.82) is 0 Å². The van der Waals surface area contributed by atoms with Crippen LogP contribution in [0.3, 0.4) is 0 Å². The Morgan fingerprint density at radius 2 is 1.69 bits per heavy atom. The largest absolute Gasteiger partial charge is 0.573 e. The van der Waals surface area contributed by atoms with Crippen molar-refractivity contribution < 1.29 is 54.6 Å². The van der Waals surface area contributed by atoms with Gasteiger partial charge in [0.05, 0.1) is 37.1 Å². The third-order valence-corrected chi connectivity index (χ3v) is 13.4. The predicted octanol–water partition coefficient (Wildman–Crippen LogP) is 5.86. The van der Waals surface area contributed by atoms with Crippen LogP contribution in [-0.2, 0) is 25.1 Å². The Balaban J connectivity index is 1.57. The maximum Gasteiger partial charge on any atom is 0.573 e. The number of rotatable bonds is 12. The molecular weight excluding hydrogens is 803 g/mol. The van der Waals surface area contributed by atoms with E-state index < -0.39 is 61.1 Å². The minimum Gasteiger partial charge on any atom is -0.497 e. The van der Waals surface area contributed by atoms with E-state index in [1.165, 1.54) is 37.3 Å². The Kier molecular flexibility index (Phi) is 12.4. The molecule has 0 N–H and O–H groups in total. The summed E-state index contributed by atoms with van der Waals surface area (Å²) in [6.45, 7) is 8.54. The monoisotopic (exact) mass is 852 g/mol. The fourth-order valence-electron chi connectivity index (χ4n) is 8.78. The molecule has 0 saturated carbocycles. The SMILES string of the molecule is COc1ccc(S(=O)(=O)N2C(=O)C(c3cc(C)ccc3OC)([N+]3(C(=O)N(C)C)C[C@H](OCCCN4CCN(C)CC4)CC3C)c3cc(Cl)ccc32)c(OC(F)(F)F)c1. The summed E-state index contributed by atoms with van der Waals surface area (Å²) in [5, 5.41) is 0.117. The highest BCUT2D eigenvalue weighted by molar-refractivity contribution is 7.93. The summed E-state index contributed by atoms with van der Waals surface area (Å²) in [5.74, 6) is -2.20. The molecule has 0 aromatic heterocycles. The van der Waals surface area contributed by atoms with Gasteiger partial charge >= 0.3 is 18.3 Å². The molecule has 3 heterocycles. The number of benzene rings is 3. The van der Waals surface area contributed by atoms with Crippen molar-refractivity contribution in [3.8, 4) is 17.2 Å². The molecule has 3 aromatic carbocycles. The Hall–Kier alpha value is -4.13. The number of alkyl halides is 3. The standard InChI is InChI=1S/C40H50ClF3N5O8S/c1-26-9-13-34(55-7)32(21-26)39(49(38(51)45(3)4)25-30(22-27(49)2)56-20-8-15-47-18-16-46(5)17-19-47)31-23-28(41)10-12-33(31)48(37(39)50)58(52,53)36-14-11-29(54-6)24-35(36)57-40(42,43)44/h9-14,21,23-24,27,30H,8,15-20,22,25H2,1-7H3/q+1/t27?,30-,39?,49?/m1/s1. The highest BCUT2D eigenvalue weighted by Gasteiger charge is 2.75. The Bertz CT molecular complexity index is 2150. The van der Waals surface area contributed by atoms with Crippen LogP contribution in [0.5, 0.6) is 17.2 Å². The van der Waals surface area contributed by atoms with Crippen LogP contribution in [0.2, 0.25) is 5.02 Å². The van der Waals surface area contributed by atoms with E-state index in [0.717, 1.165) is 57.3 Å². The number of likely N-dealkylation sites (tertiary alicyclic amines) is 1. The number of carbonyl (C=O) groups excluding carboxylic acids is 2. The van der Waals surface area contributed by atoms with Gasteiger partial charge < -0.3 is 28.7 Å². The molecule has 3 unspecified atom stereocenters. The summed E-state index contributed by atoms with van der Waals surface area (Å²) in [6, 6.07) is 10.7. The number of amides is 3. The molecule has 6 rings (SSSR count). The summed E-state index contributed by atoms with van der Waals surface area (Å²) >= 11 is 6.71. The van der Waals surface area contributed by atoms with Crippen LogP contribution in [-0.4, -0.2) is 139 Å². The van der Waals surface area contributed by atoms with E-state index in [1.54, 1.807) is 39.2 Å². The number of fused-ring (bicyclic) bond motifs is 1. The molecule has 2 fully saturated rings. The zero-order valence-electron chi connectivity index (χ0n) is 33.6. The molecule has 0 radical (unpaired) electrons. The second-order valence-electron chi connectivity index (χ2n) is 15.3. The van der Waals surface area contributed by atoms with Gasteiger partial charge in [0, 0.05) is 70.9 Å². The molecule has 58 heavy (non-hydrogen) atoms. The lowest BCUT2D eigenvalue weighted by Crippen LogP contribution is -2.73. The quantitative estimate of drug-likeness (QED) is 0.162. The first kappa shape index (κ1) is 43.4. The van der Waals surface area contributed by atoms with Crippen molar-refractivity contribution in [2.75, 3.05) is 85.5 Å². The van der Waals surface area contributed by atoms with Crippen molar-refractivity contribution in [3.63, 3.8) is 0 Å². The number of halogens is 4. The lowest BCUT2D eigenvalue weighted by molar-refractivity contribution is -0.906. The summed E-state index contributed by atoms with van der Waals surface area (Å²) in [6.07, 6.45) is -4.84. The molecule has 0 bridgehead atoms. The number of aryl methyl sites for hydroxylation is 1. The number of carbonyl (C=O) groups is 2. The number of quaternary nitrogens is 1. The Labute approximate surface area is 342 Å². The van der Waals surface area contributed by atoms with Gasteiger partial charge in [-0.1, -0.05) is 23.2 Å². The van der Waals surface area contributed by atoms with Crippen LogP contribution in [0.4, 0.5) is 23.7 Å². The topological polar surface area (TPSA) is 118 Å². The van der Waals surface area contributed by atoms with Crippen LogP contribution >= 0.6 is 11.6 Å². The lowest BCUT2D eigenvalue weighted by Gasteiger charge is -2.49. The third kappa shape index (κ3) is 7.60. The van der Waals surface area contributed by atoms with Gasteiger partial charge in [-0.2, -0.15) is 4.31 Å². The van der Waals surface area contributed by atoms with Crippen molar-refractivity contribution in [2.45, 2.75) is 55.6 Å². The molecule has 4 atom stereocenters. The van der Waals surface area contributed by atoms with E-state index in [2.05, 4.69) is 21.6 Å². The van der Waals surface area contributed by atoms with Gasteiger partial charge in [0.25, 0.3) is 10.0 Å². The van der Waals surface area contributed by atoms with Crippen molar-refractivity contribution in [2.24, 2.45) is 0 Å². The van der Waals surface area contributed by atoms with E-state index >= 15 is 18.0 Å². The normalized spacial score (nSPS) is 24.2. The van der Waals surface area contributed by atoms with Crippen molar-refractivity contribution in [3.05, 3.63) is 76.3 Å². The van der Waals surface area contributed by atoms with Crippen molar-refractivity contribution >= 4 is 39.2 Å². The molecule has 13 nitrogen and oxygen atoms in total. The zero-order chi connectivity index (χ0) is 42.4. The van der Waals surface area contributed by atoms with Gasteiger partial charge in [0.1, 0.15) is 29.0 Å². The summed E-state index contributed by atoms with van der Waals surface area (Å²) < 4.78 is 93.2. The van der Waals surface area contributed by atoms with Gasteiger partial charge in [-0.05, 0) is 69.8 Å². The molecule has 3 amide bonds. The zero-order valence-corrected chi connectivity index (χ0v) is 35.2. The fraction of sp³-hybridized carbons (Fsp3) is 0.500. The molecule has 3 aliphatic heterocycles. The van der Waals surface area contributed by atoms with Crippen LogP contribution in [0.25, 0.3) is 0 Å². The number of urea groups is 1. The molecule has 3 aromatic rings. The van der Waals surface area contributed by atoms with Gasteiger partial charge in [-0.3, -0.25) is 9.69 Å². The number of piperazine rings is 1. The second kappa shape index (κ2) is 16.5. The third-order valence-electron chi connectivity index (χ3n) is 11.4. The molecular formula is C40H50ClF3N5O8S+. The average molecular weight is 853 g/mol. The Morgan fingerprint density at radius 1 is 0.983 bits per heavy atom. The predicted molar refractivity (Wildman–Crippen MR) is 211 cm³/mol. The molecule has 0 aliphatic carbocycles. The van der Waals surface area contributed by atoms with Gasteiger partial charge in [0.2, 0.25) is 5.54 Å². The molecule has 0 spiro atoms. The minimum absolute atomic E-state index is 0.0436. The number of methoxy groups -OCH3 is 2.